The van der Waals surface area contributed by atoms with E-state index in [0.29, 0.717) is 13.1 Å². The van der Waals surface area contributed by atoms with Crippen LogP contribution < -0.4 is 5.73 Å². The molecule has 0 bridgehead atoms. The Labute approximate surface area is 112 Å². The van der Waals surface area contributed by atoms with Crippen molar-refractivity contribution in [1.82, 2.24) is 9.29 Å². The molecule has 2 aliphatic rings. The topological polar surface area (TPSA) is 96.5 Å². The Balaban J connectivity index is 1.89. The summed E-state index contributed by atoms with van der Waals surface area (Å²) in [7, 11) is -3.65. The number of fused-ring (bicyclic) bond motifs is 1. The summed E-state index contributed by atoms with van der Waals surface area (Å²) >= 11 is 0. The van der Waals surface area contributed by atoms with E-state index in [4.69, 9.17) is 5.73 Å². The highest BCUT2D eigenvalue weighted by Gasteiger charge is 2.46. The lowest BCUT2D eigenvalue weighted by Gasteiger charge is -2.18. The number of aromatic nitrogens is 1. The molecule has 3 atom stereocenters. The predicted octanol–water partition coefficient (Wildman–Crippen LogP) is 0.0552. The van der Waals surface area contributed by atoms with Crippen LogP contribution in [-0.2, 0) is 10.0 Å². The van der Waals surface area contributed by atoms with Crippen LogP contribution in [0.15, 0.2) is 23.4 Å². The van der Waals surface area contributed by atoms with Crippen LogP contribution >= 0.6 is 0 Å². The Morgan fingerprint density at radius 2 is 2.16 bits per heavy atom. The number of nitrogens with zero attached hydrogens (tertiary/aromatic N) is 2. The van der Waals surface area contributed by atoms with Crippen LogP contribution in [0.2, 0.25) is 0 Å². The number of nitrogen functional groups attached to an aromatic ring is 1. The Morgan fingerprint density at radius 3 is 2.84 bits per heavy atom. The maximum Gasteiger partial charge on any atom is 0.262 e. The molecule has 0 amide bonds. The van der Waals surface area contributed by atoms with E-state index in [2.05, 4.69) is 4.98 Å². The summed E-state index contributed by atoms with van der Waals surface area (Å²) in [4.78, 5) is 3.89. The molecule has 6 nitrogen and oxygen atoms in total. The second-order valence-electron chi connectivity index (χ2n) is 5.29. The van der Waals surface area contributed by atoms with Crippen molar-refractivity contribution in [1.29, 1.82) is 0 Å². The van der Waals surface area contributed by atoms with Gasteiger partial charge in [-0.05, 0) is 30.9 Å². The van der Waals surface area contributed by atoms with Crippen molar-refractivity contribution < 1.29 is 13.5 Å². The molecule has 0 aromatic carbocycles. The summed E-state index contributed by atoms with van der Waals surface area (Å²) in [6, 6.07) is 3.14. The van der Waals surface area contributed by atoms with E-state index in [-0.39, 0.29) is 28.7 Å². The number of hydrogen-bond donors (Lipinski definition) is 2. The molecule has 1 saturated carbocycles. The first kappa shape index (κ1) is 12.8. The van der Waals surface area contributed by atoms with Crippen molar-refractivity contribution in [3.63, 3.8) is 0 Å². The highest BCUT2D eigenvalue weighted by atomic mass is 32.2. The average molecular weight is 283 g/mol. The van der Waals surface area contributed by atoms with Gasteiger partial charge >= 0.3 is 0 Å². The molecule has 19 heavy (non-hydrogen) atoms. The van der Waals surface area contributed by atoms with Gasteiger partial charge in [-0.15, -0.1) is 0 Å². The maximum absolute atomic E-state index is 12.5. The van der Waals surface area contributed by atoms with Crippen LogP contribution in [0.3, 0.4) is 0 Å². The molecule has 1 aliphatic heterocycles. The standard InChI is InChI=1S/C12H17N3O3S/c13-10-2-1-5-14-12(10)19(17,18)15-6-8-3-4-11(16)9(8)7-15/h1-2,5,8-9,11,16H,3-4,6-7,13H2. The van der Waals surface area contributed by atoms with Crippen molar-refractivity contribution in [3.05, 3.63) is 18.3 Å². The van der Waals surface area contributed by atoms with Crippen molar-refractivity contribution in [2.24, 2.45) is 11.8 Å². The normalized spacial score (nSPS) is 31.5. The molecule has 2 fully saturated rings. The van der Waals surface area contributed by atoms with Crippen molar-refractivity contribution in [2.75, 3.05) is 18.8 Å². The smallest absolute Gasteiger partial charge is 0.262 e. The summed E-state index contributed by atoms with van der Waals surface area (Å²) in [6.45, 7) is 0.824. The Morgan fingerprint density at radius 1 is 1.37 bits per heavy atom. The van der Waals surface area contributed by atoms with E-state index in [1.54, 1.807) is 6.07 Å². The van der Waals surface area contributed by atoms with Crippen LogP contribution in [0.1, 0.15) is 12.8 Å². The van der Waals surface area contributed by atoms with Gasteiger partial charge in [-0.25, -0.2) is 13.4 Å². The number of aliphatic hydroxyl groups excluding tert-OH is 1. The second kappa shape index (κ2) is 4.43. The molecule has 104 valence electrons. The number of rotatable bonds is 2. The average Bonchev–Trinajstić information content (AvgIpc) is 2.93. The van der Waals surface area contributed by atoms with Gasteiger partial charge < -0.3 is 10.8 Å². The van der Waals surface area contributed by atoms with Crippen molar-refractivity contribution in [3.8, 4) is 0 Å². The first-order valence-electron chi connectivity index (χ1n) is 6.39. The second-order valence-corrected chi connectivity index (χ2v) is 7.14. The highest BCUT2D eigenvalue weighted by Crippen LogP contribution is 2.40. The molecule has 7 heteroatoms. The van der Waals surface area contributed by atoms with Gasteiger partial charge in [0.15, 0.2) is 5.03 Å². The summed E-state index contributed by atoms with van der Waals surface area (Å²) < 4.78 is 26.4. The lowest BCUT2D eigenvalue weighted by atomic mass is 10.00. The van der Waals surface area contributed by atoms with E-state index in [9.17, 15) is 13.5 Å². The minimum atomic E-state index is -3.65. The van der Waals surface area contributed by atoms with Crippen LogP contribution in [0, 0.1) is 11.8 Å². The molecule has 0 spiro atoms. The lowest BCUT2D eigenvalue weighted by molar-refractivity contribution is 0.129. The molecule has 0 radical (unpaired) electrons. The molecular formula is C12H17N3O3S. The number of aliphatic hydroxyl groups is 1. The fraction of sp³-hybridized carbons (Fsp3) is 0.583. The minimum Gasteiger partial charge on any atom is -0.396 e. The molecule has 1 aliphatic carbocycles. The van der Waals surface area contributed by atoms with Crippen molar-refractivity contribution in [2.45, 2.75) is 24.0 Å². The SMILES string of the molecule is Nc1cccnc1S(=O)(=O)N1CC2CCC(O)C2C1. The Bertz CT molecular complexity index is 590. The molecule has 1 aromatic heterocycles. The number of nitrogens with two attached hydrogens (primary N) is 1. The highest BCUT2D eigenvalue weighted by molar-refractivity contribution is 7.89. The fourth-order valence-electron chi connectivity index (χ4n) is 3.13. The third kappa shape index (κ3) is 2.01. The van der Waals surface area contributed by atoms with Gasteiger partial charge in [0.25, 0.3) is 10.0 Å². The molecule has 3 rings (SSSR count). The number of hydrogen-bond acceptors (Lipinski definition) is 5. The van der Waals surface area contributed by atoms with Crippen molar-refractivity contribution >= 4 is 15.7 Å². The Hall–Kier alpha value is -1.18. The van der Waals surface area contributed by atoms with E-state index in [1.807, 2.05) is 0 Å². The summed E-state index contributed by atoms with van der Waals surface area (Å²) in [6.07, 6.45) is 2.70. The zero-order valence-electron chi connectivity index (χ0n) is 10.4. The van der Waals surface area contributed by atoms with Gasteiger partial charge in [0, 0.05) is 25.2 Å². The van der Waals surface area contributed by atoms with E-state index >= 15 is 0 Å². The van der Waals surface area contributed by atoms with Gasteiger partial charge in [0.2, 0.25) is 0 Å². The van der Waals surface area contributed by atoms with Crippen LogP contribution in [0.4, 0.5) is 5.69 Å². The Kier molecular flexibility index (Phi) is 2.99. The maximum atomic E-state index is 12.5. The summed E-state index contributed by atoms with van der Waals surface area (Å²) in [5.41, 5.74) is 5.87. The largest absolute Gasteiger partial charge is 0.396 e. The van der Waals surface area contributed by atoms with Gasteiger partial charge in [-0.3, -0.25) is 0 Å². The number of anilines is 1. The monoisotopic (exact) mass is 283 g/mol. The first-order valence-corrected chi connectivity index (χ1v) is 7.83. The molecular weight excluding hydrogens is 266 g/mol. The zero-order chi connectivity index (χ0) is 13.6. The number of pyridine rings is 1. The molecule has 3 unspecified atom stereocenters. The number of sulfonamides is 1. The lowest BCUT2D eigenvalue weighted by Crippen LogP contribution is -2.32. The molecule has 3 N–H and O–H groups in total. The van der Waals surface area contributed by atoms with Crippen LogP contribution in [-0.4, -0.2) is 42.0 Å². The quantitative estimate of drug-likeness (QED) is 0.799. The van der Waals surface area contributed by atoms with Gasteiger partial charge in [-0.1, -0.05) is 0 Å². The zero-order valence-corrected chi connectivity index (χ0v) is 11.3. The molecule has 1 saturated heterocycles. The predicted molar refractivity (Wildman–Crippen MR) is 69.6 cm³/mol. The first-order chi connectivity index (χ1) is 9.00. The summed E-state index contributed by atoms with van der Waals surface area (Å²) in [5, 5.41) is 9.77. The molecule has 1 aromatic rings. The van der Waals surface area contributed by atoms with Gasteiger partial charge in [-0.2, -0.15) is 4.31 Å². The molecule has 2 heterocycles. The van der Waals surface area contributed by atoms with Gasteiger partial charge in [0.1, 0.15) is 0 Å². The summed E-state index contributed by atoms with van der Waals surface area (Å²) in [5.74, 6) is 0.314. The van der Waals surface area contributed by atoms with E-state index in [0.717, 1.165) is 12.8 Å². The van der Waals surface area contributed by atoms with Crippen LogP contribution in [0.25, 0.3) is 0 Å². The minimum absolute atomic E-state index is 0.0553. The van der Waals surface area contributed by atoms with Gasteiger partial charge in [0.05, 0.1) is 11.8 Å². The van der Waals surface area contributed by atoms with E-state index in [1.165, 1.54) is 16.6 Å². The van der Waals surface area contributed by atoms with E-state index < -0.39 is 10.0 Å². The fourth-order valence-corrected chi connectivity index (χ4v) is 4.69. The third-order valence-corrected chi connectivity index (χ3v) is 5.98. The third-order valence-electron chi connectivity index (χ3n) is 4.17. The van der Waals surface area contributed by atoms with Crippen LogP contribution in [0.5, 0.6) is 0 Å².